The van der Waals surface area contributed by atoms with Crippen molar-refractivity contribution in [2.45, 2.75) is 26.5 Å². The smallest absolute Gasteiger partial charge is 0.337 e. The Hall–Kier alpha value is -5.43. The lowest BCUT2D eigenvalue weighted by Gasteiger charge is -2.23. The summed E-state index contributed by atoms with van der Waals surface area (Å²) in [6, 6.07) is 15.9. The highest BCUT2D eigenvalue weighted by Gasteiger charge is 2.31. The molecule has 0 N–H and O–H groups in total. The number of nitrogens with zero attached hydrogens (tertiary/aromatic N) is 3. The van der Waals surface area contributed by atoms with E-state index in [0.717, 1.165) is 0 Å². The number of rotatable bonds is 12. The number of nitro groups is 1. The second kappa shape index (κ2) is 14.1. The zero-order valence-electron chi connectivity index (χ0n) is 25.6. The summed E-state index contributed by atoms with van der Waals surface area (Å²) in [5.41, 5.74) is 1.73. The lowest BCUT2D eigenvalue weighted by atomic mass is 9.97. The first-order valence-corrected chi connectivity index (χ1v) is 15.1. The Balaban J connectivity index is 1.51. The van der Waals surface area contributed by atoms with Crippen LogP contribution in [-0.2, 0) is 16.1 Å². The predicted molar refractivity (Wildman–Crippen MR) is 170 cm³/mol. The van der Waals surface area contributed by atoms with Gasteiger partial charge in [-0.05, 0) is 60.9 Å². The van der Waals surface area contributed by atoms with E-state index in [1.165, 1.54) is 48.5 Å². The highest BCUT2D eigenvalue weighted by Crippen LogP contribution is 2.35. The third-order valence-corrected chi connectivity index (χ3v) is 8.01. The second-order valence-electron chi connectivity index (χ2n) is 9.87. The first kappa shape index (κ1) is 32.0. The lowest BCUT2D eigenvalue weighted by molar-refractivity contribution is -0.384. The van der Waals surface area contributed by atoms with E-state index in [9.17, 15) is 19.7 Å². The Kier molecular flexibility index (Phi) is 9.82. The van der Waals surface area contributed by atoms with Crippen LogP contribution in [0, 0.1) is 10.1 Å². The molecule has 0 saturated carbocycles. The minimum atomic E-state index is -0.820. The van der Waals surface area contributed by atoms with Gasteiger partial charge in [-0.25, -0.2) is 9.79 Å². The minimum absolute atomic E-state index is 0.0249. The maximum atomic E-state index is 13.9. The summed E-state index contributed by atoms with van der Waals surface area (Å²) in [4.78, 5) is 42.3. The van der Waals surface area contributed by atoms with Gasteiger partial charge >= 0.3 is 5.97 Å². The van der Waals surface area contributed by atoms with E-state index in [-0.39, 0.29) is 23.4 Å². The third kappa shape index (κ3) is 6.64. The van der Waals surface area contributed by atoms with Crippen LogP contribution in [0.1, 0.15) is 36.6 Å². The van der Waals surface area contributed by atoms with Crippen LogP contribution in [-0.4, -0.2) is 42.9 Å². The Morgan fingerprint density at radius 3 is 2.43 bits per heavy atom. The molecule has 0 unspecified atom stereocenters. The fourth-order valence-corrected chi connectivity index (χ4v) is 5.92. The Labute approximate surface area is 267 Å². The van der Waals surface area contributed by atoms with Gasteiger partial charge < -0.3 is 23.7 Å². The molecule has 1 atom stereocenters. The monoisotopic (exact) mass is 645 g/mol. The molecule has 0 radical (unpaired) electrons. The molecule has 0 spiro atoms. The third-order valence-electron chi connectivity index (χ3n) is 7.01. The molecule has 238 valence electrons. The van der Waals surface area contributed by atoms with E-state index < -0.39 is 16.9 Å². The number of thiazole rings is 1. The van der Waals surface area contributed by atoms with Gasteiger partial charge in [-0.1, -0.05) is 35.6 Å². The molecular formula is C33H31N3O9S. The fraction of sp³-hybridized carbons (Fsp3) is 0.242. The van der Waals surface area contributed by atoms with Gasteiger partial charge in [-0.2, -0.15) is 0 Å². The van der Waals surface area contributed by atoms with Gasteiger partial charge in [0.15, 0.2) is 27.8 Å². The number of esters is 1. The summed E-state index contributed by atoms with van der Waals surface area (Å²) in [5.74, 6) is 1.27. The molecule has 0 fully saturated rings. The zero-order valence-corrected chi connectivity index (χ0v) is 26.4. The number of carbonyl (C=O) groups is 1. The number of fused-ring (bicyclic) bond motifs is 1. The maximum Gasteiger partial charge on any atom is 0.337 e. The van der Waals surface area contributed by atoms with Crippen molar-refractivity contribution in [2.75, 3.05) is 27.4 Å². The summed E-state index contributed by atoms with van der Waals surface area (Å²) in [7, 11) is 2.77. The molecule has 1 aliphatic rings. The van der Waals surface area contributed by atoms with Gasteiger partial charge in [0.25, 0.3) is 11.2 Å². The first-order valence-electron chi connectivity index (χ1n) is 14.3. The zero-order chi connectivity index (χ0) is 32.8. The largest absolute Gasteiger partial charge is 0.493 e. The molecule has 1 aliphatic heterocycles. The molecule has 46 heavy (non-hydrogen) atoms. The molecule has 3 aromatic carbocycles. The number of carbonyl (C=O) groups excluding carboxylic acids is 1. The Morgan fingerprint density at radius 2 is 1.72 bits per heavy atom. The van der Waals surface area contributed by atoms with Crippen molar-refractivity contribution < 1.29 is 33.4 Å². The van der Waals surface area contributed by atoms with Crippen molar-refractivity contribution in [3.8, 4) is 23.0 Å². The quantitative estimate of drug-likeness (QED) is 0.125. The Bertz CT molecular complexity index is 2000. The van der Waals surface area contributed by atoms with Gasteiger partial charge in [0.05, 0.1) is 48.5 Å². The van der Waals surface area contributed by atoms with Crippen LogP contribution in [0.2, 0.25) is 0 Å². The van der Waals surface area contributed by atoms with Crippen LogP contribution in [0.4, 0.5) is 5.69 Å². The van der Waals surface area contributed by atoms with Crippen molar-refractivity contribution in [2.24, 2.45) is 4.99 Å². The summed E-state index contributed by atoms with van der Waals surface area (Å²) in [6.07, 6.45) is 3.14. The average molecular weight is 646 g/mol. The lowest BCUT2D eigenvalue weighted by Crippen LogP contribution is -2.39. The number of non-ortho nitro benzene ring substituents is 1. The van der Waals surface area contributed by atoms with Crippen LogP contribution < -0.4 is 33.8 Å². The molecule has 0 bridgehead atoms. The van der Waals surface area contributed by atoms with Crippen molar-refractivity contribution in [3.05, 3.63) is 119 Å². The van der Waals surface area contributed by atoms with Crippen LogP contribution in [0.3, 0.4) is 0 Å². The van der Waals surface area contributed by atoms with E-state index in [1.54, 1.807) is 54.6 Å². The van der Waals surface area contributed by atoms with Gasteiger partial charge in [-0.3, -0.25) is 19.5 Å². The number of aromatic nitrogens is 1. The average Bonchev–Trinajstić information content (AvgIpc) is 3.38. The summed E-state index contributed by atoms with van der Waals surface area (Å²) >= 11 is 1.18. The van der Waals surface area contributed by atoms with E-state index in [1.807, 2.05) is 13.8 Å². The molecule has 12 nitrogen and oxygen atoms in total. The van der Waals surface area contributed by atoms with Gasteiger partial charge in [0, 0.05) is 18.3 Å². The molecule has 13 heteroatoms. The molecule has 0 amide bonds. The highest BCUT2D eigenvalue weighted by molar-refractivity contribution is 7.07. The molecule has 5 rings (SSSR count). The molecular weight excluding hydrogens is 614 g/mol. The predicted octanol–water partition coefficient (Wildman–Crippen LogP) is 4.31. The van der Waals surface area contributed by atoms with Crippen LogP contribution in [0.25, 0.3) is 6.08 Å². The summed E-state index contributed by atoms with van der Waals surface area (Å²) in [6.45, 7) is 4.66. The van der Waals surface area contributed by atoms with Gasteiger partial charge in [-0.15, -0.1) is 0 Å². The molecule has 0 aliphatic carbocycles. The number of ether oxygens (including phenoxy) is 5. The number of benzene rings is 3. The van der Waals surface area contributed by atoms with Crippen LogP contribution >= 0.6 is 11.3 Å². The number of methoxy groups -OCH3 is 2. The summed E-state index contributed by atoms with van der Waals surface area (Å²) < 4.78 is 29.8. The van der Waals surface area contributed by atoms with Crippen molar-refractivity contribution >= 4 is 29.1 Å². The molecule has 0 saturated heterocycles. The highest BCUT2D eigenvalue weighted by atomic mass is 32.1. The topological polar surface area (TPSA) is 141 Å². The van der Waals surface area contributed by atoms with Crippen molar-refractivity contribution in [1.29, 1.82) is 0 Å². The van der Waals surface area contributed by atoms with E-state index >= 15 is 0 Å². The SMILES string of the molecule is CCOc1ccc([C@@H]2C(C(=O)OC)=CN=c3s/c(=C\c4ccc(OCc5cccc([N+](=O)[O-])c5)c(OC)c4)c(=O)n32)cc1OCC. The van der Waals surface area contributed by atoms with Crippen LogP contribution in [0.15, 0.2) is 82.2 Å². The van der Waals surface area contributed by atoms with Gasteiger partial charge in [0.2, 0.25) is 0 Å². The second-order valence-corrected chi connectivity index (χ2v) is 10.9. The fourth-order valence-electron chi connectivity index (χ4n) is 4.95. The van der Waals surface area contributed by atoms with E-state index in [2.05, 4.69) is 4.99 Å². The molecule has 1 aromatic heterocycles. The number of hydrogen-bond donors (Lipinski definition) is 0. The van der Waals surface area contributed by atoms with Crippen LogP contribution in [0.5, 0.6) is 23.0 Å². The molecule has 2 heterocycles. The number of hydrogen-bond acceptors (Lipinski definition) is 11. The maximum absolute atomic E-state index is 13.9. The van der Waals surface area contributed by atoms with Crippen molar-refractivity contribution in [1.82, 2.24) is 4.57 Å². The minimum Gasteiger partial charge on any atom is -0.493 e. The van der Waals surface area contributed by atoms with E-state index in [4.69, 9.17) is 23.7 Å². The normalized spacial score (nSPS) is 14.0. The molecule has 4 aromatic rings. The standard InChI is InChI=1S/C33H31N3O9S/c1-5-43-26-13-11-22(17-28(26)44-6-2)30-24(32(38)42-4)18-34-33-35(30)31(37)29(46-33)16-20-10-12-25(27(15-20)41-3)45-19-21-8-7-9-23(14-21)36(39)40/h7-18,30H,5-6,19H2,1-4H3/b29-16-/t30-/m1/s1. The van der Waals surface area contributed by atoms with Crippen molar-refractivity contribution in [3.63, 3.8) is 0 Å². The van der Waals surface area contributed by atoms with E-state index in [0.29, 0.717) is 62.2 Å². The number of nitro benzene ring substituents is 1. The Morgan fingerprint density at radius 1 is 0.978 bits per heavy atom. The van der Waals surface area contributed by atoms with Gasteiger partial charge in [0.1, 0.15) is 6.61 Å². The summed E-state index contributed by atoms with van der Waals surface area (Å²) in [5, 5.41) is 11.1. The first-order chi connectivity index (χ1) is 22.3.